The van der Waals surface area contributed by atoms with E-state index in [4.69, 9.17) is 18.6 Å². The van der Waals surface area contributed by atoms with Gasteiger partial charge in [0.1, 0.15) is 22.9 Å². The molecule has 5 rings (SSSR count). The molecule has 2 amide bonds. The van der Waals surface area contributed by atoms with Crippen molar-refractivity contribution in [3.05, 3.63) is 54.5 Å². The van der Waals surface area contributed by atoms with Gasteiger partial charge in [0, 0.05) is 6.07 Å². The molecule has 0 aliphatic carbocycles. The average Bonchev–Trinajstić information content (AvgIpc) is 3.52. The third-order valence-electron chi connectivity index (χ3n) is 6.07. The van der Waals surface area contributed by atoms with Crippen LogP contribution in [0.5, 0.6) is 11.5 Å². The number of benzene rings is 1. The van der Waals surface area contributed by atoms with Gasteiger partial charge in [-0.2, -0.15) is 0 Å². The van der Waals surface area contributed by atoms with Crippen LogP contribution in [0.25, 0.3) is 0 Å². The Hall–Kier alpha value is -3.26. The Morgan fingerprint density at radius 3 is 2.90 bits per heavy atom. The molecule has 3 aliphatic rings. The van der Waals surface area contributed by atoms with Crippen molar-refractivity contribution >= 4 is 17.5 Å². The van der Waals surface area contributed by atoms with Gasteiger partial charge in [0.25, 0.3) is 0 Å². The van der Waals surface area contributed by atoms with Crippen molar-refractivity contribution in [1.82, 2.24) is 4.90 Å². The first kappa shape index (κ1) is 18.7. The lowest BCUT2D eigenvalue weighted by Gasteiger charge is -2.24. The minimum atomic E-state index is -0.764. The zero-order chi connectivity index (χ0) is 20.9. The summed E-state index contributed by atoms with van der Waals surface area (Å²) in [5.74, 6) is 0.251. The number of nitrogens with zero attached hydrogens (tertiary/aromatic N) is 1. The number of furan rings is 1. The van der Waals surface area contributed by atoms with Crippen molar-refractivity contribution in [1.29, 1.82) is 0 Å². The number of methoxy groups -OCH3 is 2. The minimum absolute atomic E-state index is 0.0971. The summed E-state index contributed by atoms with van der Waals surface area (Å²) in [5.41, 5.74) is -0.248. The van der Waals surface area contributed by atoms with Gasteiger partial charge in [0.05, 0.1) is 57.2 Å². The molecule has 2 fully saturated rings. The van der Waals surface area contributed by atoms with Crippen LogP contribution in [-0.2, 0) is 20.9 Å². The highest BCUT2D eigenvalue weighted by atomic mass is 16.5. The van der Waals surface area contributed by atoms with Crippen LogP contribution in [0.15, 0.2) is 53.2 Å². The lowest BCUT2D eigenvalue weighted by Crippen LogP contribution is -2.41. The zero-order valence-electron chi connectivity index (χ0n) is 16.7. The van der Waals surface area contributed by atoms with E-state index in [2.05, 4.69) is 5.32 Å². The number of rotatable bonds is 6. The smallest absolute Gasteiger partial charge is 0.231 e. The van der Waals surface area contributed by atoms with Gasteiger partial charge in [-0.15, -0.1) is 0 Å². The number of hydrogen-bond donors (Lipinski definition) is 1. The molecule has 2 saturated heterocycles. The third-order valence-corrected chi connectivity index (χ3v) is 6.07. The molecule has 1 aromatic heterocycles. The standard InChI is InChI=1S/C22H22N2O6/c1-27-13-5-6-15(17(10-13)28-2)23-20(25)18-16-7-8-22(30-16)12-24(21(26)19(18)22)11-14-4-3-9-29-14/h3-10,16,18-19H,11-12H2,1-2H3,(H,23,25)/t16-,18?,19+,22-/m0/s1. The molecule has 0 radical (unpaired) electrons. The number of carbonyl (C=O) groups excluding carboxylic acids is 2. The van der Waals surface area contributed by atoms with Crippen LogP contribution in [0.3, 0.4) is 0 Å². The summed E-state index contributed by atoms with van der Waals surface area (Å²) < 4.78 is 22.1. The monoisotopic (exact) mass is 410 g/mol. The Kier molecular flexibility index (Phi) is 4.32. The predicted octanol–water partition coefficient (Wildman–Crippen LogP) is 2.22. The summed E-state index contributed by atoms with van der Waals surface area (Å²) in [5, 5.41) is 2.91. The zero-order valence-corrected chi connectivity index (χ0v) is 16.7. The molecule has 1 N–H and O–H groups in total. The number of hydrogen-bond acceptors (Lipinski definition) is 6. The maximum Gasteiger partial charge on any atom is 0.231 e. The largest absolute Gasteiger partial charge is 0.497 e. The topological polar surface area (TPSA) is 90.2 Å². The van der Waals surface area contributed by atoms with Crippen molar-refractivity contribution in [3.8, 4) is 11.5 Å². The van der Waals surface area contributed by atoms with Gasteiger partial charge in [-0.25, -0.2) is 0 Å². The fourth-order valence-electron chi connectivity index (χ4n) is 4.72. The van der Waals surface area contributed by atoms with Crippen LogP contribution in [0.2, 0.25) is 0 Å². The number of amides is 2. The van der Waals surface area contributed by atoms with E-state index in [1.54, 1.807) is 42.5 Å². The number of anilines is 1. The summed E-state index contributed by atoms with van der Waals surface area (Å²) in [7, 11) is 3.08. The van der Waals surface area contributed by atoms with Crippen molar-refractivity contribution in [3.63, 3.8) is 0 Å². The number of carbonyl (C=O) groups is 2. The first-order chi connectivity index (χ1) is 14.5. The summed E-state index contributed by atoms with van der Waals surface area (Å²) in [6.07, 6.45) is 4.97. The summed E-state index contributed by atoms with van der Waals surface area (Å²) in [4.78, 5) is 28.2. The molecule has 30 heavy (non-hydrogen) atoms. The molecule has 2 bridgehead atoms. The first-order valence-corrected chi connectivity index (χ1v) is 9.76. The number of nitrogens with one attached hydrogen (secondary N) is 1. The van der Waals surface area contributed by atoms with E-state index >= 15 is 0 Å². The van der Waals surface area contributed by atoms with Gasteiger partial charge in [-0.1, -0.05) is 12.2 Å². The maximum atomic E-state index is 13.2. The van der Waals surface area contributed by atoms with Gasteiger partial charge in [0.2, 0.25) is 11.8 Å². The summed E-state index contributed by atoms with van der Waals surface area (Å²) >= 11 is 0. The Morgan fingerprint density at radius 2 is 2.17 bits per heavy atom. The van der Waals surface area contributed by atoms with E-state index < -0.39 is 23.5 Å². The Morgan fingerprint density at radius 1 is 1.30 bits per heavy atom. The van der Waals surface area contributed by atoms with Gasteiger partial charge in [-0.3, -0.25) is 9.59 Å². The van der Waals surface area contributed by atoms with Gasteiger partial charge < -0.3 is 28.8 Å². The lowest BCUT2D eigenvalue weighted by atomic mass is 9.76. The summed E-state index contributed by atoms with van der Waals surface area (Å²) in [6.45, 7) is 0.756. The van der Waals surface area contributed by atoms with E-state index in [9.17, 15) is 9.59 Å². The SMILES string of the molecule is COc1ccc(NC(=O)C2[C@@H]3C=C[C@@]4(CN(Cc5ccco5)C(=O)[C@@H]24)O3)c(OC)c1. The average molecular weight is 410 g/mol. The van der Waals surface area contributed by atoms with E-state index in [0.717, 1.165) is 0 Å². The van der Waals surface area contributed by atoms with E-state index in [0.29, 0.717) is 36.0 Å². The molecule has 8 heteroatoms. The fraction of sp³-hybridized carbons (Fsp3) is 0.364. The van der Waals surface area contributed by atoms with Gasteiger partial charge >= 0.3 is 0 Å². The van der Waals surface area contributed by atoms with E-state index in [1.165, 1.54) is 7.11 Å². The predicted molar refractivity (Wildman–Crippen MR) is 106 cm³/mol. The third kappa shape index (κ3) is 2.79. The van der Waals surface area contributed by atoms with Crippen LogP contribution in [-0.4, -0.2) is 49.2 Å². The number of likely N-dealkylation sites (tertiary alicyclic amines) is 1. The highest BCUT2D eigenvalue weighted by molar-refractivity contribution is 6.00. The molecule has 0 saturated carbocycles. The van der Waals surface area contributed by atoms with Crippen LogP contribution >= 0.6 is 0 Å². The molecule has 2 aromatic rings. The Balaban J connectivity index is 1.38. The fourth-order valence-corrected chi connectivity index (χ4v) is 4.72. The lowest BCUT2D eigenvalue weighted by molar-refractivity contribution is -0.136. The second kappa shape index (κ2) is 6.91. The Labute approximate surface area is 173 Å². The van der Waals surface area contributed by atoms with E-state index in [-0.39, 0.29) is 11.8 Å². The summed E-state index contributed by atoms with van der Waals surface area (Å²) in [6, 6.07) is 8.76. The van der Waals surface area contributed by atoms with Crippen molar-refractivity contribution in [2.45, 2.75) is 18.2 Å². The van der Waals surface area contributed by atoms with Crippen LogP contribution in [0.1, 0.15) is 5.76 Å². The molecule has 4 atom stereocenters. The second-order valence-corrected chi connectivity index (χ2v) is 7.73. The van der Waals surface area contributed by atoms with Crippen LogP contribution < -0.4 is 14.8 Å². The molecular weight excluding hydrogens is 388 g/mol. The quantitative estimate of drug-likeness (QED) is 0.735. The second-order valence-electron chi connectivity index (χ2n) is 7.73. The van der Waals surface area contributed by atoms with Crippen molar-refractivity contribution < 1.29 is 28.2 Å². The molecule has 1 aromatic carbocycles. The normalized spacial score (nSPS) is 28.7. The van der Waals surface area contributed by atoms with Crippen molar-refractivity contribution in [2.75, 3.05) is 26.1 Å². The minimum Gasteiger partial charge on any atom is -0.497 e. The van der Waals surface area contributed by atoms with Crippen LogP contribution in [0.4, 0.5) is 5.69 Å². The van der Waals surface area contributed by atoms with Gasteiger partial charge in [0.15, 0.2) is 0 Å². The highest BCUT2D eigenvalue weighted by Crippen LogP contribution is 2.52. The first-order valence-electron chi connectivity index (χ1n) is 9.76. The van der Waals surface area contributed by atoms with E-state index in [1.807, 2.05) is 18.2 Å². The number of fused-ring (bicyclic) bond motifs is 1. The maximum absolute atomic E-state index is 13.2. The van der Waals surface area contributed by atoms with Crippen molar-refractivity contribution in [2.24, 2.45) is 11.8 Å². The Bertz CT molecular complexity index is 1020. The molecule has 4 heterocycles. The molecular formula is C22H22N2O6. The molecule has 3 aliphatic heterocycles. The molecule has 8 nitrogen and oxygen atoms in total. The van der Waals surface area contributed by atoms with Crippen LogP contribution in [0, 0.1) is 11.8 Å². The molecule has 156 valence electrons. The highest BCUT2D eigenvalue weighted by Gasteiger charge is 2.66. The number of ether oxygens (including phenoxy) is 3. The molecule has 1 spiro atoms. The van der Waals surface area contributed by atoms with Gasteiger partial charge in [-0.05, 0) is 24.3 Å². The molecule has 1 unspecified atom stereocenters.